The van der Waals surface area contributed by atoms with Crippen LogP contribution in [0.2, 0.25) is 0 Å². The third-order valence-corrected chi connectivity index (χ3v) is 8.45. The van der Waals surface area contributed by atoms with Crippen molar-refractivity contribution in [3.8, 4) is 0 Å². The first-order chi connectivity index (χ1) is 12.1. The molecule has 0 aromatic heterocycles. The molecule has 3 fully saturated rings. The Hall–Kier alpha value is -1.40. The van der Waals surface area contributed by atoms with Gasteiger partial charge in [-0.3, -0.25) is 4.79 Å². The molecule has 4 aliphatic rings. The summed E-state index contributed by atoms with van der Waals surface area (Å²) in [4.78, 5) is 17.2. The van der Waals surface area contributed by atoms with E-state index in [9.17, 15) is 9.90 Å². The third-order valence-electron chi connectivity index (χ3n) is 8.45. The van der Waals surface area contributed by atoms with Gasteiger partial charge in [0.15, 0.2) is 5.70 Å². The average Bonchev–Trinajstić information content (AvgIpc) is 2.91. The molecule has 1 N–H and O–H groups in total. The van der Waals surface area contributed by atoms with E-state index in [1.807, 2.05) is 13.8 Å². The molecule has 140 valence electrons. The van der Waals surface area contributed by atoms with Gasteiger partial charge in [-0.05, 0) is 75.0 Å². The van der Waals surface area contributed by atoms with Crippen molar-refractivity contribution in [2.45, 2.75) is 78.2 Å². The minimum atomic E-state index is -0.718. The Kier molecular flexibility index (Phi) is 3.84. The van der Waals surface area contributed by atoms with Crippen LogP contribution in [-0.4, -0.2) is 16.5 Å². The Morgan fingerprint density at radius 3 is 2.62 bits per heavy atom. The van der Waals surface area contributed by atoms with Gasteiger partial charge in [0.05, 0.1) is 12.2 Å². The molecule has 0 spiro atoms. The summed E-state index contributed by atoms with van der Waals surface area (Å²) >= 11 is 0. The first kappa shape index (κ1) is 18.0. The molecule has 0 aromatic carbocycles. The maximum atomic E-state index is 13.5. The summed E-state index contributed by atoms with van der Waals surface area (Å²) in [6.45, 7) is 15.8. The predicted molar refractivity (Wildman–Crippen MR) is 102 cm³/mol. The van der Waals surface area contributed by atoms with Crippen LogP contribution in [-0.2, 0) is 4.79 Å². The summed E-state index contributed by atoms with van der Waals surface area (Å²) in [6.07, 6.45) is 8.49. The maximum Gasteiger partial charge on any atom is 0.162 e. The van der Waals surface area contributed by atoms with Crippen molar-refractivity contribution in [1.82, 2.24) is 0 Å². The fraction of sp³-hybridized carbons (Fsp3) is 0.739. The molecule has 3 heteroatoms. The molecule has 0 radical (unpaired) electrons. The molecule has 0 amide bonds. The van der Waals surface area contributed by atoms with E-state index in [1.165, 1.54) is 11.1 Å². The van der Waals surface area contributed by atoms with Crippen molar-refractivity contribution in [2.24, 2.45) is 28.6 Å². The van der Waals surface area contributed by atoms with E-state index >= 15 is 0 Å². The Labute approximate surface area is 157 Å². The summed E-state index contributed by atoms with van der Waals surface area (Å²) in [5, 5.41) is 10.5. The van der Waals surface area contributed by atoms with Gasteiger partial charge in [-0.2, -0.15) is 0 Å². The van der Waals surface area contributed by atoms with Crippen LogP contribution in [0.15, 0.2) is 22.9 Å². The van der Waals surface area contributed by atoms with Crippen molar-refractivity contribution < 1.29 is 9.90 Å². The molecule has 0 aliphatic heterocycles. The SMILES string of the molecule is [C-]#[N+]/C(C)=C1/CC[C@H]2[C@@H]3CCC4=C[C@](C)(O)CC[C@]4(C)[C@H]3C(=O)C[C@]12C. The highest BCUT2D eigenvalue weighted by atomic mass is 16.3. The number of carbonyl (C=O) groups excluding carboxylic acids is 1. The van der Waals surface area contributed by atoms with Gasteiger partial charge >= 0.3 is 0 Å². The number of aliphatic hydroxyl groups is 1. The molecule has 0 saturated heterocycles. The van der Waals surface area contributed by atoms with Gasteiger partial charge in [-0.15, -0.1) is 0 Å². The first-order valence-corrected chi connectivity index (χ1v) is 10.2. The summed E-state index contributed by atoms with van der Waals surface area (Å²) < 4.78 is 0. The second-order valence-corrected chi connectivity index (χ2v) is 10.0. The van der Waals surface area contributed by atoms with Crippen molar-refractivity contribution in [1.29, 1.82) is 0 Å². The van der Waals surface area contributed by atoms with E-state index in [-0.39, 0.29) is 16.7 Å². The van der Waals surface area contributed by atoms with Crippen LogP contribution < -0.4 is 0 Å². The van der Waals surface area contributed by atoms with Gasteiger partial charge in [0.25, 0.3) is 0 Å². The van der Waals surface area contributed by atoms with Crippen LogP contribution in [0.4, 0.5) is 0 Å². The van der Waals surface area contributed by atoms with Gasteiger partial charge in [0, 0.05) is 12.3 Å². The van der Waals surface area contributed by atoms with Crippen molar-refractivity contribution in [3.63, 3.8) is 0 Å². The number of ketones is 1. The smallest absolute Gasteiger partial charge is 0.162 e. The fourth-order valence-electron chi connectivity index (χ4n) is 7.17. The number of carbonyl (C=O) groups is 1. The lowest BCUT2D eigenvalue weighted by atomic mass is 9.46. The zero-order valence-corrected chi connectivity index (χ0v) is 16.6. The van der Waals surface area contributed by atoms with Crippen LogP contribution in [0.5, 0.6) is 0 Å². The molecule has 0 aromatic rings. The van der Waals surface area contributed by atoms with Crippen molar-refractivity contribution >= 4 is 5.78 Å². The molecular weight excluding hydrogens is 322 g/mol. The van der Waals surface area contributed by atoms with Gasteiger partial charge < -0.3 is 5.11 Å². The van der Waals surface area contributed by atoms with E-state index in [1.54, 1.807) is 0 Å². The number of rotatable bonds is 0. The largest absolute Gasteiger partial charge is 0.386 e. The fourth-order valence-corrected chi connectivity index (χ4v) is 7.17. The Bertz CT molecular complexity index is 768. The number of hydrogen-bond donors (Lipinski definition) is 1. The highest BCUT2D eigenvalue weighted by Crippen LogP contribution is 2.66. The molecular formula is C23H31NO2. The molecule has 3 nitrogen and oxygen atoms in total. The van der Waals surface area contributed by atoms with Crippen LogP contribution >= 0.6 is 0 Å². The Morgan fingerprint density at radius 1 is 1.19 bits per heavy atom. The third kappa shape index (κ3) is 2.31. The van der Waals surface area contributed by atoms with Gasteiger partial charge in [-0.25, -0.2) is 4.85 Å². The molecule has 3 saturated carbocycles. The van der Waals surface area contributed by atoms with E-state index in [0.717, 1.165) is 44.2 Å². The van der Waals surface area contributed by atoms with Crippen LogP contribution in [0.25, 0.3) is 4.85 Å². The van der Waals surface area contributed by atoms with Crippen LogP contribution in [0.3, 0.4) is 0 Å². The van der Waals surface area contributed by atoms with Gasteiger partial charge in [0.2, 0.25) is 0 Å². The monoisotopic (exact) mass is 353 g/mol. The number of fused-ring (bicyclic) bond motifs is 5. The van der Waals surface area contributed by atoms with E-state index in [4.69, 9.17) is 6.57 Å². The highest BCUT2D eigenvalue weighted by Gasteiger charge is 2.61. The van der Waals surface area contributed by atoms with Crippen molar-refractivity contribution in [2.75, 3.05) is 0 Å². The zero-order valence-electron chi connectivity index (χ0n) is 16.6. The minimum Gasteiger partial charge on any atom is -0.386 e. The van der Waals surface area contributed by atoms with Gasteiger partial charge in [-0.1, -0.05) is 31.1 Å². The Balaban J connectivity index is 1.76. The normalized spacial score (nSPS) is 49.5. The summed E-state index contributed by atoms with van der Waals surface area (Å²) in [6, 6.07) is 0. The standard InChI is InChI=1S/C23H31NO2/c1-14(24-5)17-8-9-18-16-7-6-15-12-21(2,26)10-11-22(15,3)20(16)19(25)13-23(17,18)4/h12,16,18,20,26H,6-11,13H2,1-4H3/b17-14-/t16-,18-,20+,21+,22-,23+/m0/s1. The lowest BCUT2D eigenvalue weighted by molar-refractivity contribution is -0.142. The van der Waals surface area contributed by atoms with E-state index in [2.05, 4.69) is 24.8 Å². The minimum absolute atomic E-state index is 0.0785. The van der Waals surface area contributed by atoms with Crippen LogP contribution in [0, 0.1) is 35.2 Å². The topological polar surface area (TPSA) is 41.7 Å². The number of nitrogens with zero attached hydrogens (tertiary/aromatic N) is 1. The Morgan fingerprint density at radius 2 is 1.92 bits per heavy atom. The molecule has 4 rings (SSSR count). The van der Waals surface area contributed by atoms with Crippen molar-refractivity contribution in [3.05, 3.63) is 34.3 Å². The second kappa shape index (κ2) is 5.55. The summed E-state index contributed by atoms with van der Waals surface area (Å²) in [7, 11) is 0. The molecule has 0 unspecified atom stereocenters. The summed E-state index contributed by atoms with van der Waals surface area (Å²) in [5.41, 5.74) is 2.48. The van der Waals surface area contributed by atoms with Gasteiger partial charge in [0.1, 0.15) is 5.78 Å². The number of Topliss-reactive ketones (excluding diaryl/α,β-unsaturated/α-hetero) is 1. The molecule has 0 bridgehead atoms. The molecule has 26 heavy (non-hydrogen) atoms. The molecule has 0 heterocycles. The van der Waals surface area contributed by atoms with Crippen LogP contribution in [0.1, 0.15) is 72.6 Å². The first-order valence-electron chi connectivity index (χ1n) is 10.2. The van der Waals surface area contributed by atoms with E-state index < -0.39 is 5.60 Å². The maximum absolute atomic E-state index is 13.5. The number of hydrogen-bond acceptors (Lipinski definition) is 2. The lowest BCUT2D eigenvalue weighted by Crippen LogP contribution is -2.55. The highest BCUT2D eigenvalue weighted by molar-refractivity contribution is 5.85. The predicted octanol–water partition coefficient (Wildman–Crippen LogP) is 5.07. The summed E-state index contributed by atoms with van der Waals surface area (Å²) in [5.74, 6) is 1.46. The zero-order chi connectivity index (χ0) is 18.9. The number of allylic oxidation sites excluding steroid dienone is 3. The molecule has 6 atom stereocenters. The quantitative estimate of drug-likeness (QED) is 0.488. The second-order valence-electron chi connectivity index (χ2n) is 10.0. The van der Waals surface area contributed by atoms with E-state index in [0.29, 0.717) is 24.0 Å². The molecule has 4 aliphatic carbocycles. The average molecular weight is 354 g/mol. The lowest BCUT2D eigenvalue weighted by Gasteiger charge is -2.57.